The summed E-state index contributed by atoms with van der Waals surface area (Å²) in [6, 6.07) is 7.76. The maximum Gasteiger partial charge on any atom is 0.227 e. The summed E-state index contributed by atoms with van der Waals surface area (Å²) in [5, 5.41) is 12.0. The van der Waals surface area contributed by atoms with Crippen molar-refractivity contribution in [2.45, 2.75) is 33.6 Å². The molecule has 2 amide bonds. The minimum atomic E-state index is -0.311. The third-order valence-corrected chi connectivity index (χ3v) is 4.37. The van der Waals surface area contributed by atoms with Gasteiger partial charge in [-0.2, -0.15) is 0 Å². The number of rotatable bonds is 6. The van der Waals surface area contributed by atoms with Gasteiger partial charge in [0.15, 0.2) is 0 Å². The van der Waals surface area contributed by atoms with E-state index in [4.69, 9.17) is 5.11 Å². The van der Waals surface area contributed by atoms with Crippen molar-refractivity contribution in [1.82, 2.24) is 5.32 Å². The molecule has 1 aromatic carbocycles. The minimum Gasteiger partial charge on any atom is -0.396 e. The van der Waals surface area contributed by atoms with Crippen LogP contribution in [0.3, 0.4) is 0 Å². The van der Waals surface area contributed by atoms with Gasteiger partial charge in [-0.25, -0.2) is 0 Å². The van der Waals surface area contributed by atoms with E-state index in [0.29, 0.717) is 19.5 Å². The van der Waals surface area contributed by atoms with Crippen LogP contribution in [0.5, 0.6) is 0 Å². The quantitative estimate of drug-likeness (QED) is 0.841. The summed E-state index contributed by atoms with van der Waals surface area (Å²) in [5.74, 6) is -0.406. The second-order valence-corrected chi connectivity index (χ2v) is 7.10. The number of carbonyl (C=O) groups excluding carboxylic acids is 2. The topological polar surface area (TPSA) is 69.6 Å². The third kappa shape index (κ3) is 4.55. The maximum atomic E-state index is 12.3. The Morgan fingerprint density at radius 1 is 1.35 bits per heavy atom. The fraction of sp³-hybridized carbons (Fsp3) is 0.556. The molecule has 23 heavy (non-hydrogen) atoms. The number of aliphatic hydroxyl groups excluding tert-OH is 1. The Morgan fingerprint density at radius 2 is 2.00 bits per heavy atom. The predicted molar refractivity (Wildman–Crippen MR) is 90.1 cm³/mol. The number of nitrogens with one attached hydrogen (secondary N) is 1. The van der Waals surface area contributed by atoms with E-state index in [1.165, 1.54) is 0 Å². The number of anilines is 1. The van der Waals surface area contributed by atoms with Gasteiger partial charge in [0.1, 0.15) is 0 Å². The Bertz CT molecular complexity index is 566. The molecule has 1 aromatic rings. The summed E-state index contributed by atoms with van der Waals surface area (Å²) in [7, 11) is 0. The van der Waals surface area contributed by atoms with Crippen LogP contribution in [-0.4, -0.2) is 36.6 Å². The average molecular weight is 318 g/mol. The number of hydrogen-bond acceptors (Lipinski definition) is 3. The smallest absolute Gasteiger partial charge is 0.227 e. The molecule has 1 heterocycles. The molecule has 5 heteroatoms. The molecule has 1 unspecified atom stereocenters. The fourth-order valence-corrected chi connectivity index (χ4v) is 2.72. The van der Waals surface area contributed by atoms with E-state index in [-0.39, 0.29) is 36.2 Å². The van der Waals surface area contributed by atoms with Crippen molar-refractivity contribution < 1.29 is 14.7 Å². The summed E-state index contributed by atoms with van der Waals surface area (Å²) in [4.78, 5) is 26.2. The summed E-state index contributed by atoms with van der Waals surface area (Å²) >= 11 is 0. The van der Waals surface area contributed by atoms with Gasteiger partial charge in [0.2, 0.25) is 11.8 Å². The molecule has 0 radical (unpaired) electrons. The molecule has 1 aliphatic rings. The van der Waals surface area contributed by atoms with E-state index in [1.54, 1.807) is 4.90 Å². The molecule has 0 spiro atoms. The van der Waals surface area contributed by atoms with Crippen molar-refractivity contribution in [1.29, 1.82) is 0 Å². The van der Waals surface area contributed by atoms with Crippen LogP contribution >= 0.6 is 0 Å². The second kappa shape index (κ2) is 7.13. The van der Waals surface area contributed by atoms with Crippen LogP contribution in [0.15, 0.2) is 24.3 Å². The van der Waals surface area contributed by atoms with Gasteiger partial charge in [-0.3, -0.25) is 9.59 Å². The maximum absolute atomic E-state index is 12.3. The lowest BCUT2D eigenvalue weighted by molar-refractivity contribution is -0.126. The second-order valence-electron chi connectivity index (χ2n) is 7.10. The summed E-state index contributed by atoms with van der Waals surface area (Å²) in [6.45, 7) is 7.03. The molecular formula is C18H26N2O3. The van der Waals surface area contributed by atoms with Crippen molar-refractivity contribution >= 4 is 17.5 Å². The van der Waals surface area contributed by atoms with Crippen molar-refractivity contribution in [3.8, 4) is 0 Å². The first kappa shape index (κ1) is 17.5. The molecule has 5 nitrogen and oxygen atoms in total. The summed E-state index contributed by atoms with van der Waals surface area (Å²) in [5.41, 5.74) is 1.83. The third-order valence-electron chi connectivity index (χ3n) is 4.37. The Kier molecular flexibility index (Phi) is 5.42. The highest BCUT2D eigenvalue weighted by atomic mass is 16.3. The molecule has 1 aliphatic heterocycles. The molecule has 1 saturated heterocycles. The van der Waals surface area contributed by atoms with Crippen LogP contribution in [0.2, 0.25) is 0 Å². The molecule has 2 N–H and O–H groups in total. The number of aryl methyl sites for hydroxylation is 1. The number of benzene rings is 1. The van der Waals surface area contributed by atoms with Crippen molar-refractivity contribution in [2.75, 3.05) is 24.6 Å². The van der Waals surface area contributed by atoms with E-state index >= 15 is 0 Å². The molecule has 0 saturated carbocycles. The van der Waals surface area contributed by atoms with E-state index in [0.717, 1.165) is 11.3 Å². The van der Waals surface area contributed by atoms with Crippen molar-refractivity contribution in [3.05, 3.63) is 29.8 Å². The SMILES string of the molecule is Cc1ccc(N2CC(C(=O)NCC(C)(C)CCO)CC2=O)cc1. The van der Waals surface area contributed by atoms with E-state index < -0.39 is 0 Å². The van der Waals surface area contributed by atoms with E-state index in [9.17, 15) is 9.59 Å². The van der Waals surface area contributed by atoms with Crippen LogP contribution < -0.4 is 10.2 Å². The van der Waals surface area contributed by atoms with Crippen LogP contribution in [0.1, 0.15) is 32.3 Å². The molecule has 2 rings (SSSR count). The zero-order chi connectivity index (χ0) is 17.0. The Labute approximate surface area is 137 Å². The Balaban J connectivity index is 1.94. The average Bonchev–Trinajstić information content (AvgIpc) is 2.88. The molecule has 126 valence electrons. The highest BCUT2D eigenvalue weighted by Crippen LogP contribution is 2.26. The standard InChI is InChI=1S/C18H26N2O3/c1-13-4-6-15(7-5-13)20-11-14(10-16(20)22)17(23)19-12-18(2,3)8-9-21/h4-7,14,21H,8-12H2,1-3H3,(H,19,23). The predicted octanol–water partition coefficient (Wildman–Crippen LogP) is 1.87. The normalized spacial score (nSPS) is 18.3. The van der Waals surface area contributed by atoms with Gasteiger partial charge in [-0.1, -0.05) is 31.5 Å². The Hall–Kier alpha value is -1.88. The van der Waals surface area contributed by atoms with Crippen LogP contribution in [-0.2, 0) is 9.59 Å². The van der Waals surface area contributed by atoms with Gasteiger partial charge >= 0.3 is 0 Å². The van der Waals surface area contributed by atoms with Crippen molar-refractivity contribution in [2.24, 2.45) is 11.3 Å². The van der Waals surface area contributed by atoms with Crippen molar-refractivity contribution in [3.63, 3.8) is 0 Å². The monoisotopic (exact) mass is 318 g/mol. The van der Waals surface area contributed by atoms with Gasteiger partial charge in [0, 0.05) is 31.8 Å². The number of carbonyl (C=O) groups is 2. The van der Waals surface area contributed by atoms with Crippen LogP contribution in [0.4, 0.5) is 5.69 Å². The summed E-state index contributed by atoms with van der Waals surface area (Å²) in [6.07, 6.45) is 0.881. The number of aliphatic hydroxyl groups is 1. The lowest BCUT2D eigenvalue weighted by atomic mass is 9.89. The zero-order valence-corrected chi connectivity index (χ0v) is 14.1. The van der Waals surface area contributed by atoms with Gasteiger partial charge in [0.25, 0.3) is 0 Å². The van der Waals surface area contributed by atoms with Gasteiger partial charge in [0.05, 0.1) is 5.92 Å². The number of nitrogens with zero attached hydrogens (tertiary/aromatic N) is 1. The molecular weight excluding hydrogens is 292 g/mol. The first-order valence-corrected chi connectivity index (χ1v) is 8.08. The molecule has 1 atom stereocenters. The van der Waals surface area contributed by atoms with E-state index in [2.05, 4.69) is 5.32 Å². The Morgan fingerprint density at radius 3 is 2.61 bits per heavy atom. The largest absolute Gasteiger partial charge is 0.396 e. The lowest BCUT2D eigenvalue weighted by Crippen LogP contribution is -2.39. The minimum absolute atomic E-state index is 0.0105. The fourth-order valence-electron chi connectivity index (χ4n) is 2.72. The van der Waals surface area contributed by atoms with Crippen LogP contribution in [0, 0.1) is 18.3 Å². The molecule has 0 aliphatic carbocycles. The molecule has 0 bridgehead atoms. The molecule has 1 fully saturated rings. The molecule has 0 aromatic heterocycles. The van der Waals surface area contributed by atoms with E-state index in [1.807, 2.05) is 45.0 Å². The van der Waals surface area contributed by atoms with Gasteiger partial charge < -0.3 is 15.3 Å². The highest BCUT2D eigenvalue weighted by Gasteiger charge is 2.35. The first-order valence-electron chi connectivity index (χ1n) is 8.08. The van der Waals surface area contributed by atoms with Crippen LogP contribution in [0.25, 0.3) is 0 Å². The first-order chi connectivity index (χ1) is 10.8. The number of amides is 2. The van der Waals surface area contributed by atoms with Gasteiger partial charge in [-0.05, 0) is 30.9 Å². The zero-order valence-electron chi connectivity index (χ0n) is 14.1. The highest BCUT2D eigenvalue weighted by molar-refractivity contribution is 6.00. The lowest BCUT2D eigenvalue weighted by Gasteiger charge is -2.24. The summed E-state index contributed by atoms with van der Waals surface area (Å²) < 4.78 is 0. The van der Waals surface area contributed by atoms with Gasteiger partial charge in [-0.15, -0.1) is 0 Å². The number of hydrogen-bond donors (Lipinski definition) is 2.